The van der Waals surface area contributed by atoms with E-state index in [1.807, 2.05) is 36.4 Å². The van der Waals surface area contributed by atoms with E-state index in [2.05, 4.69) is 169 Å². The molecule has 55 heavy (non-hydrogen) atoms. The van der Waals surface area contributed by atoms with Crippen molar-refractivity contribution in [2.75, 3.05) is 0 Å². The van der Waals surface area contributed by atoms with Gasteiger partial charge in [-0.05, 0) is 39.4 Å². The molecule has 0 saturated heterocycles. The highest BCUT2D eigenvalue weighted by atomic mass is 15.0. The van der Waals surface area contributed by atoms with E-state index in [0.717, 1.165) is 44.4 Å². The average molecular weight is 703 g/mol. The van der Waals surface area contributed by atoms with Crippen LogP contribution < -0.4 is 0 Å². The summed E-state index contributed by atoms with van der Waals surface area (Å²) in [5, 5.41) is 2.39. The van der Waals surface area contributed by atoms with Gasteiger partial charge in [0.05, 0.1) is 11.0 Å². The Labute approximate surface area is 319 Å². The van der Waals surface area contributed by atoms with Crippen LogP contribution in [0.2, 0.25) is 0 Å². The van der Waals surface area contributed by atoms with E-state index in [9.17, 15) is 0 Å². The minimum atomic E-state index is 0.628. The second kappa shape index (κ2) is 13.8. The fourth-order valence-electron chi connectivity index (χ4n) is 7.52. The molecule has 0 bridgehead atoms. The highest BCUT2D eigenvalue weighted by molar-refractivity contribution is 6.15. The lowest BCUT2D eigenvalue weighted by molar-refractivity contribution is 1.07. The Balaban J connectivity index is 1.05. The summed E-state index contributed by atoms with van der Waals surface area (Å²) in [6, 6.07) is 69.9. The second-order valence-corrected chi connectivity index (χ2v) is 13.7. The quantitative estimate of drug-likeness (QED) is 0.180. The molecule has 10 rings (SSSR count). The minimum Gasteiger partial charge on any atom is -0.353 e. The lowest BCUT2D eigenvalue weighted by Crippen LogP contribution is -2.00. The van der Waals surface area contributed by atoms with E-state index in [4.69, 9.17) is 15.0 Å². The fourth-order valence-corrected chi connectivity index (χ4v) is 7.52. The van der Waals surface area contributed by atoms with Crippen molar-refractivity contribution in [3.8, 4) is 78.7 Å². The molecule has 4 heteroatoms. The third kappa shape index (κ3) is 6.16. The average Bonchev–Trinajstić information content (AvgIpc) is 3.67. The molecule has 258 valence electrons. The molecule has 1 N–H and O–H groups in total. The van der Waals surface area contributed by atoms with Crippen LogP contribution in [0.15, 0.2) is 200 Å². The summed E-state index contributed by atoms with van der Waals surface area (Å²) in [4.78, 5) is 18.9. The number of fused-ring (bicyclic) bond motifs is 3. The lowest BCUT2D eigenvalue weighted by atomic mass is 9.98. The Morgan fingerprint density at radius 1 is 0.255 bits per heavy atom. The van der Waals surface area contributed by atoms with Crippen LogP contribution in [0.5, 0.6) is 0 Å². The topological polar surface area (TPSA) is 54.5 Å². The van der Waals surface area contributed by atoms with Crippen molar-refractivity contribution >= 4 is 21.8 Å². The highest BCUT2D eigenvalue weighted by Crippen LogP contribution is 2.39. The van der Waals surface area contributed by atoms with Crippen molar-refractivity contribution in [1.29, 1.82) is 0 Å². The smallest absolute Gasteiger partial charge is 0.164 e. The minimum absolute atomic E-state index is 0.628. The van der Waals surface area contributed by atoms with Gasteiger partial charge in [0.1, 0.15) is 0 Å². The van der Waals surface area contributed by atoms with E-state index in [-0.39, 0.29) is 0 Å². The molecule has 0 fully saturated rings. The molecule has 8 aromatic carbocycles. The third-order valence-corrected chi connectivity index (χ3v) is 10.3. The standard InChI is InChI=1S/C51H34N4/c1-4-13-34(14-5-1)36-25-29-38(30-26-36)43-21-11-23-45-46-24-12-22-44(48(46)52-47(43)45)41-19-10-20-42(33-41)51-54-49(39-17-8-3-9-18-39)53-50(55-51)40-31-27-37(28-32-40)35-15-6-2-7-16-35/h1-33,52H. The van der Waals surface area contributed by atoms with E-state index in [1.165, 1.54) is 38.6 Å². The van der Waals surface area contributed by atoms with Crippen molar-refractivity contribution in [2.24, 2.45) is 0 Å². The summed E-state index contributed by atoms with van der Waals surface area (Å²) in [6.45, 7) is 0. The summed E-state index contributed by atoms with van der Waals surface area (Å²) in [5.41, 5.74) is 14.3. The zero-order valence-electron chi connectivity index (χ0n) is 29.9. The van der Waals surface area contributed by atoms with Crippen molar-refractivity contribution in [2.45, 2.75) is 0 Å². The number of nitrogens with zero attached hydrogens (tertiary/aromatic N) is 3. The van der Waals surface area contributed by atoms with Crippen LogP contribution in [0, 0.1) is 0 Å². The van der Waals surface area contributed by atoms with Crippen LogP contribution in [0.1, 0.15) is 0 Å². The number of aromatic amines is 1. The van der Waals surface area contributed by atoms with Gasteiger partial charge in [0.2, 0.25) is 0 Å². The predicted molar refractivity (Wildman–Crippen MR) is 227 cm³/mol. The van der Waals surface area contributed by atoms with Gasteiger partial charge in [-0.15, -0.1) is 0 Å². The zero-order chi connectivity index (χ0) is 36.6. The maximum absolute atomic E-state index is 5.07. The first-order valence-corrected chi connectivity index (χ1v) is 18.5. The van der Waals surface area contributed by atoms with Crippen molar-refractivity contribution < 1.29 is 0 Å². The molecule has 2 heterocycles. The van der Waals surface area contributed by atoms with Crippen molar-refractivity contribution in [3.63, 3.8) is 0 Å². The van der Waals surface area contributed by atoms with Gasteiger partial charge >= 0.3 is 0 Å². The normalized spacial score (nSPS) is 11.3. The van der Waals surface area contributed by atoms with E-state index in [0.29, 0.717) is 17.5 Å². The number of para-hydroxylation sites is 2. The number of benzene rings is 8. The maximum atomic E-state index is 5.07. The van der Waals surface area contributed by atoms with E-state index < -0.39 is 0 Å². The van der Waals surface area contributed by atoms with Crippen LogP contribution in [-0.2, 0) is 0 Å². The van der Waals surface area contributed by atoms with Crippen LogP contribution in [0.4, 0.5) is 0 Å². The molecule has 10 aromatic rings. The Morgan fingerprint density at radius 3 is 1.13 bits per heavy atom. The van der Waals surface area contributed by atoms with Crippen molar-refractivity contribution in [3.05, 3.63) is 200 Å². The third-order valence-electron chi connectivity index (χ3n) is 10.3. The van der Waals surface area contributed by atoms with Gasteiger partial charge in [-0.25, -0.2) is 15.0 Å². The summed E-state index contributed by atoms with van der Waals surface area (Å²) in [5.74, 6) is 1.90. The van der Waals surface area contributed by atoms with Crippen LogP contribution >= 0.6 is 0 Å². The molecule has 2 aromatic heterocycles. The molecule has 0 spiro atoms. The molecule has 0 aliphatic carbocycles. The molecular weight excluding hydrogens is 669 g/mol. The molecule has 0 unspecified atom stereocenters. The first-order chi connectivity index (χ1) is 27.2. The number of hydrogen-bond donors (Lipinski definition) is 1. The molecule has 4 nitrogen and oxygen atoms in total. The maximum Gasteiger partial charge on any atom is 0.164 e. The van der Waals surface area contributed by atoms with Crippen LogP contribution in [0.25, 0.3) is 100 Å². The monoisotopic (exact) mass is 702 g/mol. The molecular formula is C51H34N4. The van der Waals surface area contributed by atoms with Crippen LogP contribution in [-0.4, -0.2) is 19.9 Å². The Kier molecular flexibility index (Phi) is 8.12. The van der Waals surface area contributed by atoms with Gasteiger partial charge in [0.25, 0.3) is 0 Å². The van der Waals surface area contributed by atoms with Crippen molar-refractivity contribution in [1.82, 2.24) is 19.9 Å². The van der Waals surface area contributed by atoms with Gasteiger partial charge in [0, 0.05) is 38.6 Å². The van der Waals surface area contributed by atoms with Crippen LogP contribution in [0.3, 0.4) is 0 Å². The zero-order valence-corrected chi connectivity index (χ0v) is 29.9. The lowest BCUT2D eigenvalue weighted by Gasteiger charge is -2.10. The molecule has 0 amide bonds. The molecule has 0 saturated carbocycles. The van der Waals surface area contributed by atoms with Gasteiger partial charge in [-0.1, -0.05) is 194 Å². The number of H-pyrrole nitrogens is 1. The summed E-state index contributed by atoms with van der Waals surface area (Å²) >= 11 is 0. The number of rotatable bonds is 7. The number of nitrogens with one attached hydrogen (secondary N) is 1. The fraction of sp³-hybridized carbons (Fsp3) is 0. The second-order valence-electron chi connectivity index (χ2n) is 13.7. The molecule has 0 atom stereocenters. The Hall–Kier alpha value is -7.43. The highest BCUT2D eigenvalue weighted by Gasteiger charge is 2.16. The predicted octanol–water partition coefficient (Wildman–Crippen LogP) is 13.2. The van der Waals surface area contributed by atoms with Gasteiger partial charge in [0.15, 0.2) is 17.5 Å². The first-order valence-electron chi connectivity index (χ1n) is 18.5. The number of aromatic nitrogens is 4. The Bertz CT molecular complexity index is 2930. The van der Waals surface area contributed by atoms with E-state index in [1.54, 1.807) is 0 Å². The van der Waals surface area contributed by atoms with Gasteiger partial charge < -0.3 is 4.98 Å². The molecule has 0 aliphatic rings. The molecule has 0 aliphatic heterocycles. The van der Waals surface area contributed by atoms with E-state index >= 15 is 0 Å². The summed E-state index contributed by atoms with van der Waals surface area (Å²) < 4.78 is 0. The number of hydrogen-bond acceptors (Lipinski definition) is 3. The summed E-state index contributed by atoms with van der Waals surface area (Å²) in [6.07, 6.45) is 0. The molecule has 0 radical (unpaired) electrons. The summed E-state index contributed by atoms with van der Waals surface area (Å²) in [7, 11) is 0. The van der Waals surface area contributed by atoms with Gasteiger partial charge in [-0.2, -0.15) is 0 Å². The van der Waals surface area contributed by atoms with Gasteiger partial charge in [-0.3, -0.25) is 0 Å². The Morgan fingerprint density at radius 2 is 0.600 bits per heavy atom. The first kappa shape index (κ1) is 32.2. The SMILES string of the molecule is c1ccc(-c2ccc(-c3nc(-c4ccccc4)nc(-c4cccc(-c5cccc6c5[nH]c5c(-c7ccc(-c8ccccc8)cc7)cccc56)c4)n3)cc2)cc1. The largest absolute Gasteiger partial charge is 0.353 e.